The molecular formula is C21H21N3O. The summed E-state index contributed by atoms with van der Waals surface area (Å²) >= 11 is 0. The number of rotatable bonds is 3. The molecule has 1 heterocycles. The van der Waals surface area contributed by atoms with Gasteiger partial charge in [-0.05, 0) is 43.9 Å². The van der Waals surface area contributed by atoms with Crippen molar-refractivity contribution in [1.29, 1.82) is 0 Å². The fourth-order valence-electron chi connectivity index (χ4n) is 3.52. The van der Waals surface area contributed by atoms with Crippen LogP contribution in [0.25, 0.3) is 11.3 Å². The quantitative estimate of drug-likeness (QED) is 0.758. The Morgan fingerprint density at radius 1 is 1.16 bits per heavy atom. The number of aryl methyl sites for hydroxylation is 2. The zero-order valence-corrected chi connectivity index (χ0v) is 14.3. The van der Waals surface area contributed by atoms with Crippen molar-refractivity contribution in [2.75, 3.05) is 5.32 Å². The Morgan fingerprint density at radius 3 is 2.80 bits per heavy atom. The van der Waals surface area contributed by atoms with E-state index < -0.39 is 0 Å². The highest BCUT2D eigenvalue weighted by Gasteiger charge is 2.28. The first kappa shape index (κ1) is 15.6. The maximum absolute atomic E-state index is 12.7. The minimum atomic E-state index is -0.0203. The van der Waals surface area contributed by atoms with Gasteiger partial charge in [-0.25, -0.2) is 0 Å². The Hall–Kier alpha value is -2.88. The Kier molecular flexibility index (Phi) is 4.10. The standard InChI is InChI=1S/C21H21N3O/c1-14-6-5-9-17(12-14)22-21(25)16-10-11-19-18(13-16)20(24-23-19)15-7-3-2-4-8-15/h2-9,12,16H,10-11,13H2,1H3,(H,22,25)(H,23,24)/t16-/m0/s1. The summed E-state index contributed by atoms with van der Waals surface area (Å²) in [6.45, 7) is 2.03. The molecule has 3 aromatic rings. The number of amides is 1. The number of hydrogen-bond acceptors (Lipinski definition) is 2. The summed E-state index contributed by atoms with van der Waals surface area (Å²) in [6.07, 6.45) is 2.44. The molecule has 4 nitrogen and oxygen atoms in total. The first-order chi connectivity index (χ1) is 12.2. The van der Waals surface area contributed by atoms with Crippen LogP contribution in [0.4, 0.5) is 5.69 Å². The molecule has 0 aliphatic heterocycles. The van der Waals surface area contributed by atoms with Gasteiger partial charge in [-0.3, -0.25) is 9.89 Å². The lowest BCUT2D eigenvalue weighted by Crippen LogP contribution is -2.28. The molecule has 25 heavy (non-hydrogen) atoms. The van der Waals surface area contributed by atoms with Gasteiger partial charge in [0, 0.05) is 28.4 Å². The van der Waals surface area contributed by atoms with Crippen LogP contribution in [0.5, 0.6) is 0 Å². The molecule has 1 aliphatic rings. The summed E-state index contributed by atoms with van der Waals surface area (Å²) in [7, 11) is 0. The van der Waals surface area contributed by atoms with Crippen LogP contribution in [0.15, 0.2) is 54.6 Å². The molecule has 1 aromatic heterocycles. The van der Waals surface area contributed by atoms with Gasteiger partial charge in [-0.15, -0.1) is 0 Å². The van der Waals surface area contributed by atoms with Crippen LogP contribution in [0, 0.1) is 12.8 Å². The van der Waals surface area contributed by atoms with Gasteiger partial charge in [0.25, 0.3) is 0 Å². The van der Waals surface area contributed by atoms with E-state index in [1.165, 1.54) is 11.3 Å². The van der Waals surface area contributed by atoms with Gasteiger partial charge < -0.3 is 5.32 Å². The van der Waals surface area contributed by atoms with E-state index in [9.17, 15) is 4.79 Å². The minimum absolute atomic E-state index is 0.0203. The molecule has 0 spiro atoms. The molecule has 1 aliphatic carbocycles. The summed E-state index contributed by atoms with van der Waals surface area (Å²) in [5.41, 5.74) is 6.43. The minimum Gasteiger partial charge on any atom is -0.326 e. The van der Waals surface area contributed by atoms with Gasteiger partial charge in [-0.2, -0.15) is 5.10 Å². The Labute approximate surface area is 147 Å². The molecular weight excluding hydrogens is 310 g/mol. The number of benzene rings is 2. The maximum Gasteiger partial charge on any atom is 0.227 e. The van der Waals surface area contributed by atoms with Crippen molar-refractivity contribution in [3.63, 3.8) is 0 Å². The van der Waals surface area contributed by atoms with Crippen molar-refractivity contribution in [1.82, 2.24) is 10.2 Å². The molecule has 4 heteroatoms. The van der Waals surface area contributed by atoms with E-state index in [0.29, 0.717) is 0 Å². The second kappa shape index (κ2) is 6.55. The molecule has 0 saturated carbocycles. The van der Waals surface area contributed by atoms with E-state index in [1.54, 1.807) is 0 Å². The molecule has 0 unspecified atom stereocenters. The molecule has 0 radical (unpaired) electrons. The average molecular weight is 331 g/mol. The van der Waals surface area contributed by atoms with Crippen LogP contribution in [-0.2, 0) is 17.6 Å². The normalized spacial score (nSPS) is 16.3. The number of H-pyrrole nitrogens is 1. The zero-order valence-electron chi connectivity index (χ0n) is 14.3. The number of hydrogen-bond donors (Lipinski definition) is 2. The van der Waals surface area contributed by atoms with E-state index in [1.807, 2.05) is 49.4 Å². The molecule has 4 rings (SSSR count). The topological polar surface area (TPSA) is 57.8 Å². The Balaban J connectivity index is 1.54. The predicted octanol–water partition coefficient (Wildman–Crippen LogP) is 4.13. The largest absolute Gasteiger partial charge is 0.326 e. The lowest BCUT2D eigenvalue weighted by atomic mass is 9.85. The van der Waals surface area contributed by atoms with Crippen LogP contribution in [0.1, 0.15) is 23.2 Å². The first-order valence-electron chi connectivity index (χ1n) is 8.70. The molecule has 0 saturated heterocycles. The fourth-order valence-corrected chi connectivity index (χ4v) is 3.52. The first-order valence-corrected chi connectivity index (χ1v) is 8.70. The number of aromatic nitrogens is 2. The van der Waals surface area contributed by atoms with Crippen molar-refractivity contribution in [2.45, 2.75) is 26.2 Å². The monoisotopic (exact) mass is 331 g/mol. The zero-order chi connectivity index (χ0) is 17.2. The van der Waals surface area contributed by atoms with Gasteiger partial charge in [0.05, 0.1) is 5.69 Å². The van der Waals surface area contributed by atoms with E-state index >= 15 is 0 Å². The number of nitrogens with zero attached hydrogens (tertiary/aromatic N) is 1. The number of carbonyl (C=O) groups excluding carboxylic acids is 1. The van der Waals surface area contributed by atoms with Crippen LogP contribution in [-0.4, -0.2) is 16.1 Å². The summed E-state index contributed by atoms with van der Waals surface area (Å²) < 4.78 is 0. The third-order valence-electron chi connectivity index (χ3n) is 4.85. The summed E-state index contributed by atoms with van der Waals surface area (Å²) in [4.78, 5) is 12.7. The third-order valence-corrected chi connectivity index (χ3v) is 4.85. The van der Waals surface area contributed by atoms with Crippen LogP contribution in [0.3, 0.4) is 0 Å². The van der Waals surface area contributed by atoms with E-state index in [2.05, 4.69) is 27.6 Å². The molecule has 2 aromatic carbocycles. The van der Waals surface area contributed by atoms with Gasteiger partial charge in [0.1, 0.15) is 0 Å². The highest BCUT2D eigenvalue weighted by Crippen LogP contribution is 2.32. The Morgan fingerprint density at radius 2 is 2.00 bits per heavy atom. The third kappa shape index (κ3) is 3.20. The van der Waals surface area contributed by atoms with E-state index in [-0.39, 0.29) is 11.8 Å². The highest BCUT2D eigenvalue weighted by atomic mass is 16.1. The SMILES string of the molecule is Cc1cccc(NC(=O)[C@H]2CCc3[nH]nc(-c4ccccc4)c3C2)c1. The van der Waals surface area contributed by atoms with Crippen molar-refractivity contribution in [3.05, 3.63) is 71.4 Å². The van der Waals surface area contributed by atoms with Gasteiger partial charge in [-0.1, -0.05) is 42.5 Å². The van der Waals surface area contributed by atoms with Gasteiger partial charge in [0.2, 0.25) is 5.91 Å². The summed E-state index contributed by atoms with van der Waals surface area (Å²) in [5.74, 6) is 0.0736. The second-order valence-corrected chi connectivity index (χ2v) is 6.69. The lowest BCUT2D eigenvalue weighted by molar-refractivity contribution is -0.120. The number of nitrogens with one attached hydrogen (secondary N) is 2. The maximum atomic E-state index is 12.7. The molecule has 0 bridgehead atoms. The van der Waals surface area contributed by atoms with Crippen LogP contribution in [0.2, 0.25) is 0 Å². The number of fused-ring (bicyclic) bond motifs is 1. The van der Waals surface area contributed by atoms with E-state index in [4.69, 9.17) is 0 Å². The van der Waals surface area contributed by atoms with Crippen LogP contribution < -0.4 is 5.32 Å². The van der Waals surface area contributed by atoms with Crippen molar-refractivity contribution in [3.8, 4) is 11.3 Å². The van der Waals surface area contributed by atoms with Gasteiger partial charge >= 0.3 is 0 Å². The summed E-state index contributed by atoms with van der Waals surface area (Å²) in [6, 6.07) is 18.1. The predicted molar refractivity (Wildman–Crippen MR) is 99.3 cm³/mol. The molecule has 2 N–H and O–H groups in total. The molecule has 0 fully saturated rings. The number of carbonyl (C=O) groups is 1. The summed E-state index contributed by atoms with van der Waals surface area (Å²) in [5, 5.41) is 10.7. The van der Waals surface area contributed by atoms with Crippen molar-refractivity contribution in [2.24, 2.45) is 5.92 Å². The van der Waals surface area contributed by atoms with E-state index in [0.717, 1.165) is 41.8 Å². The number of aromatic amines is 1. The highest BCUT2D eigenvalue weighted by molar-refractivity contribution is 5.93. The molecule has 1 amide bonds. The molecule has 1 atom stereocenters. The average Bonchev–Trinajstić information content (AvgIpc) is 3.05. The van der Waals surface area contributed by atoms with Crippen molar-refractivity contribution < 1.29 is 4.79 Å². The lowest BCUT2D eigenvalue weighted by Gasteiger charge is -2.22. The van der Waals surface area contributed by atoms with Gasteiger partial charge in [0.15, 0.2) is 0 Å². The second-order valence-electron chi connectivity index (χ2n) is 6.69. The molecule has 126 valence electrons. The smallest absolute Gasteiger partial charge is 0.227 e. The van der Waals surface area contributed by atoms with Crippen LogP contribution >= 0.6 is 0 Å². The fraction of sp³-hybridized carbons (Fsp3) is 0.238. The Bertz CT molecular complexity index is 899. The number of anilines is 1. The van der Waals surface area contributed by atoms with Crippen molar-refractivity contribution >= 4 is 11.6 Å².